The SMILES string of the molecule is COc1ccc(CN2CCCC(S(=O)(=O)NC3CCCC3)C2)c(C)c1OC. The molecule has 27 heavy (non-hydrogen) atoms. The smallest absolute Gasteiger partial charge is 0.215 e. The van der Waals surface area contributed by atoms with Crippen molar-refractivity contribution in [3.05, 3.63) is 23.3 Å². The first-order valence-electron chi connectivity index (χ1n) is 9.88. The molecule has 1 saturated carbocycles. The van der Waals surface area contributed by atoms with Crippen LogP contribution in [-0.2, 0) is 16.6 Å². The molecule has 1 aromatic rings. The molecule has 0 spiro atoms. The Balaban J connectivity index is 1.68. The highest BCUT2D eigenvalue weighted by atomic mass is 32.2. The van der Waals surface area contributed by atoms with Crippen molar-refractivity contribution in [2.24, 2.45) is 0 Å². The minimum absolute atomic E-state index is 0.137. The van der Waals surface area contributed by atoms with Gasteiger partial charge in [-0.3, -0.25) is 4.90 Å². The molecule has 3 rings (SSSR count). The Hall–Kier alpha value is -1.31. The Morgan fingerprint density at radius 1 is 1.11 bits per heavy atom. The standard InChI is InChI=1S/C20H32N2O4S/c1-15-16(10-11-19(25-2)20(15)26-3)13-22-12-6-9-18(14-22)27(23,24)21-17-7-4-5-8-17/h10-11,17-18,21H,4-9,12-14H2,1-3H3. The fraction of sp³-hybridized carbons (Fsp3) is 0.700. The van der Waals surface area contributed by atoms with E-state index in [-0.39, 0.29) is 11.3 Å². The number of ether oxygens (including phenoxy) is 2. The minimum atomic E-state index is -3.26. The third-order valence-electron chi connectivity index (χ3n) is 5.89. The van der Waals surface area contributed by atoms with Gasteiger partial charge >= 0.3 is 0 Å². The van der Waals surface area contributed by atoms with E-state index in [0.29, 0.717) is 6.54 Å². The van der Waals surface area contributed by atoms with Gasteiger partial charge in [0.2, 0.25) is 10.0 Å². The minimum Gasteiger partial charge on any atom is -0.493 e. The maximum Gasteiger partial charge on any atom is 0.215 e. The lowest BCUT2D eigenvalue weighted by atomic mass is 10.0. The van der Waals surface area contributed by atoms with Gasteiger partial charge in [0.25, 0.3) is 0 Å². The number of benzene rings is 1. The van der Waals surface area contributed by atoms with Crippen molar-refractivity contribution in [2.75, 3.05) is 27.3 Å². The summed E-state index contributed by atoms with van der Waals surface area (Å²) in [5.74, 6) is 1.47. The van der Waals surface area contributed by atoms with E-state index in [0.717, 1.165) is 74.2 Å². The molecule has 1 aliphatic carbocycles. The molecular weight excluding hydrogens is 364 g/mol. The topological polar surface area (TPSA) is 67.9 Å². The summed E-state index contributed by atoms with van der Waals surface area (Å²) in [7, 11) is 0.0171. The fourth-order valence-electron chi connectivity index (χ4n) is 4.32. The second-order valence-corrected chi connectivity index (χ2v) is 9.72. The number of sulfonamides is 1. The number of nitrogens with zero attached hydrogens (tertiary/aromatic N) is 1. The Morgan fingerprint density at radius 2 is 1.85 bits per heavy atom. The Kier molecular flexibility index (Phi) is 6.65. The highest BCUT2D eigenvalue weighted by Gasteiger charge is 2.33. The van der Waals surface area contributed by atoms with Crippen LogP contribution in [0, 0.1) is 6.92 Å². The molecule has 1 unspecified atom stereocenters. The third kappa shape index (κ3) is 4.76. The molecule has 0 radical (unpaired) electrons. The van der Waals surface area contributed by atoms with Gasteiger partial charge in [0.05, 0.1) is 19.5 Å². The molecular formula is C20H32N2O4S. The quantitative estimate of drug-likeness (QED) is 0.768. The molecule has 2 aliphatic rings. The molecule has 0 bridgehead atoms. The third-order valence-corrected chi connectivity index (χ3v) is 7.81. The Morgan fingerprint density at radius 3 is 2.52 bits per heavy atom. The van der Waals surface area contributed by atoms with Crippen LogP contribution in [0.15, 0.2) is 12.1 Å². The van der Waals surface area contributed by atoms with Gasteiger partial charge in [-0.1, -0.05) is 18.9 Å². The van der Waals surface area contributed by atoms with Gasteiger partial charge in [0.15, 0.2) is 11.5 Å². The van der Waals surface area contributed by atoms with Crippen LogP contribution >= 0.6 is 0 Å². The lowest BCUT2D eigenvalue weighted by molar-refractivity contribution is 0.220. The van der Waals surface area contributed by atoms with Gasteiger partial charge < -0.3 is 9.47 Å². The first kappa shape index (κ1) is 20.4. The molecule has 2 fully saturated rings. The second-order valence-electron chi connectivity index (χ2n) is 7.73. The summed E-state index contributed by atoms with van der Waals surface area (Å²) in [5.41, 5.74) is 2.19. The van der Waals surface area contributed by atoms with Gasteiger partial charge in [-0.2, -0.15) is 0 Å². The van der Waals surface area contributed by atoms with E-state index in [1.54, 1.807) is 14.2 Å². The maximum atomic E-state index is 12.8. The maximum absolute atomic E-state index is 12.8. The summed E-state index contributed by atoms with van der Waals surface area (Å²) < 4.78 is 39.5. The number of hydrogen-bond acceptors (Lipinski definition) is 5. The Bertz CT molecular complexity index is 745. The zero-order valence-corrected chi connectivity index (χ0v) is 17.5. The van der Waals surface area contributed by atoms with Crippen LogP contribution in [0.5, 0.6) is 11.5 Å². The number of rotatable bonds is 7. The summed E-state index contributed by atoms with van der Waals surface area (Å²) in [4.78, 5) is 2.25. The molecule has 1 aromatic carbocycles. The highest BCUT2D eigenvalue weighted by Crippen LogP contribution is 2.33. The summed E-state index contributed by atoms with van der Waals surface area (Å²) in [6.07, 6.45) is 5.85. The number of likely N-dealkylation sites (tertiary alicyclic amines) is 1. The van der Waals surface area contributed by atoms with E-state index in [1.165, 1.54) is 0 Å². The summed E-state index contributed by atoms with van der Waals surface area (Å²) in [6.45, 7) is 4.25. The van der Waals surface area contributed by atoms with E-state index < -0.39 is 10.0 Å². The number of piperidine rings is 1. The van der Waals surface area contributed by atoms with E-state index >= 15 is 0 Å². The first-order chi connectivity index (χ1) is 12.9. The van der Waals surface area contributed by atoms with Crippen molar-refractivity contribution in [2.45, 2.75) is 63.3 Å². The van der Waals surface area contributed by atoms with Crippen LogP contribution in [0.1, 0.15) is 49.7 Å². The normalized spacial score (nSPS) is 22.1. The second kappa shape index (κ2) is 8.80. The van der Waals surface area contributed by atoms with Crippen molar-refractivity contribution >= 4 is 10.0 Å². The molecule has 1 saturated heterocycles. The van der Waals surface area contributed by atoms with Crippen LogP contribution in [0.25, 0.3) is 0 Å². The number of hydrogen-bond donors (Lipinski definition) is 1. The van der Waals surface area contributed by atoms with Crippen LogP contribution in [0.4, 0.5) is 0 Å². The predicted octanol–water partition coefficient (Wildman–Crippen LogP) is 2.84. The fourth-order valence-corrected chi connectivity index (χ4v) is 6.09. The van der Waals surface area contributed by atoms with Crippen LogP contribution in [0.3, 0.4) is 0 Å². The molecule has 1 atom stereocenters. The van der Waals surface area contributed by atoms with E-state index in [9.17, 15) is 8.42 Å². The van der Waals surface area contributed by atoms with Gasteiger partial charge in [-0.15, -0.1) is 0 Å². The van der Waals surface area contributed by atoms with Crippen molar-refractivity contribution in [3.8, 4) is 11.5 Å². The average molecular weight is 397 g/mol. The van der Waals surface area contributed by atoms with E-state index in [2.05, 4.69) is 9.62 Å². The van der Waals surface area contributed by atoms with Crippen LogP contribution in [-0.4, -0.2) is 51.9 Å². The van der Waals surface area contributed by atoms with E-state index in [4.69, 9.17) is 9.47 Å². The molecule has 1 heterocycles. The number of nitrogens with one attached hydrogen (secondary N) is 1. The lowest BCUT2D eigenvalue weighted by Gasteiger charge is -2.33. The zero-order valence-electron chi connectivity index (χ0n) is 16.7. The molecule has 1 aliphatic heterocycles. The van der Waals surface area contributed by atoms with Crippen molar-refractivity contribution in [3.63, 3.8) is 0 Å². The van der Waals surface area contributed by atoms with Gasteiger partial charge in [0, 0.05) is 19.1 Å². The lowest BCUT2D eigenvalue weighted by Crippen LogP contribution is -2.48. The average Bonchev–Trinajstić information content (AvgIpc) is 3.15. The largest absolute Gasteiger partial charge is 0.493 e. The summed E-state index contributed by atoms with van der Waals surface area (Å²) in [5, 5.41) is -0.327. The molecule has 0 aromatic heterocycles. The Labute approximate surface area is 163 Å². The molecule has 0 amide bonds. The monoisotopic (exact) mass is 396 g/mol. The van der Waals surface area contributed by atoms with Crippen molar-refractivity contribution < 1.29 is 17.9 Å². The van der Waals surface area contributed by atoms with Gasteiger partial charge in [-0.25, -0.2) is 13.1 Å². The van der Waals surface area contributed by atoms with Crippen molar-refractivity contribution in [1.82, 2.24) is 9.62 Å². The van der Waals surface area contributed by atoms with Crippen LogP contribution < -0.4 is 14.2 Å². The molecule has 7 heteroatoms. The molecule has 1 N–H and O–H groups in total. The van der Waals surface area contributed by atoms with Gasteiger partial charge in [-0.05, 0) is 56.3 Å². The highest BCUT2D eigenvalue weighted by molar-refractivity contribution is 7.90. The summed E-state index contributed by atoms with van der Waals surface area (Å²) in [6, 6.07) is 4.10. The predicted molar refractivity (Wildman–Crippen MR) is 107 cm³/mol. The zero-order chi connectivity index (χ0) is 19.4. The van der Waals surface area contributed by atoms with E-state index in [1.807, 2.05) is 19.1 Å². The van der Waals surface area contributed by atoms with Gasteiger partial charge in [0.1, 0.15) is 0 Å². The first-order valence-corrected chi connectivity index (χ1v) is 11.4. The van der Waals surface area contributed by atoms with Crippen molar-refractivity contribution in [1.29, 1.82) is 0 Å². The van der Waals surface area contributed by atoms with Crippen LogP contribution in [0.2, 0.25) is 0 Å². The summed E-state index contributed by atoms with van der Waals surface area (Å²) >= 11 is 0. The molecule has 152 valence electrons. The molecule has 6 nitrogen and oxygen atoms in total. The number of methoxy groups -OCH3 is 2.